The molecule has 3 aliphatic rings. The van der Waals surface area contributed by atoms with Gasteiger partial charge in [-0.1, -0.05) is 6.07 Å². The van der Waals surface area contributed by atoms with E-state index in [1.807, 2.05) is 0 Å². The van der Waals surface area contributed by atoms with E-state index in [9.17, 15) is 0 Å². The minimum Gasteiger partial charge on any atom is -0.396 e. The minimum absolute atomic E-state index is 0.279. The lowest BCUT2D eigenvalue weighted by atomic mass is 9.84. The van der Waals surface area contributed by atoms with Crippen molar-refractivity contribution in [2.75, 3.05) is 24.6 Å². The Labute approximate surface area is 119 Å². The number of aliphatic hydroxyl groups excluding tert-OH is 1. The lowest BCUT2D eigenvalue weighted by Crippen LogP contribution is -2.39. The summed E-state index contributed by atoms with van der Waals surface area (Å²) in [6, 6.07) is 6.85. The SMILES string of the molecule is Cn1c2c(c3cc(CCCO)ccc31)C1CCN2CC1. The van der Waals surface area contributed by atoms with E-state index < -0.39 is 0 Å². The fraction of sp³-hybridized carbons (Fsp3) is 0.529. The van der Waals surface area contributed by atoms with E-state index in [0.29, 0.717) is 0 Å². The summed E-state index contributed by atoms with van der Waals surface area (Å²) in [5.74, 6) is 2.22. The Morgan fingerprint density at radius 2 is 2.05 bits per heavy atom. The Balaban J connectivity index is 1.89. The molecule has 2 aromatic rings. The predicted molar refractivity (Wildman–Crippen MR) is 82.5 cm³/mol. The normalized spacial score (nSPS) is 18.0. The van der Waals surface area contributed by atoms with Crippen LogP contribution in [0.25, 0.3) is 10.9 Å². The first-order valence-corrected chi connectivity index (χ1v) is 7.76. The fourth-order valence-corrected chi connectivity index (χ4v) is 4.11. The number of benzene rings is 1. The predicted octanol–water partition coefficient (Wildman–Crippen LogP) is 2.80. The van der Waals surface area contributed by atoms with Gasteiger partial charge in [-0.2, -0.15) is 0 Å². The van der Waals surface area contributed by atoms with E-state index >= 15 is 0 Å². The van der Waals surface area contributed by atoms with Gasteiger partial charge in [0.15, 0.2) is 0 Å². The van der Waals surface area contributed by atoms with Crippen molar-refractivity contribution < 1.29 is 5.11 Å². The lowest BCUT2D eigenvalue weighted by molar-refractivity contribution is 0.288. The molecule has 1 saturated heterocycles. The first-order chi connectivity index (χ1) is 9.79. The number of hydrogen-bond donors (Lipinski definition) is 1. The molecule has 0 amide bonds. The number of aliphatic hydroxyl groups is 1. The first-order valence-electron chi connectivity index (χ1n) is 7.76. The van der Waals surface area contributed by atoms with Crippen molar-refractivity contribution in [1.29, 1.82) is 0 Å². The molecule has 1 aromatic carbocycles. The van der Waals surface area contributed by atoms with Crippen LogP contribution in [0, 0.1) is 0 Å². The summed E-state index contributed by atoms with van der Waals surface area (Å²) < 4.78 is 2.38. The molecule has 1 aromatic heterocycles. The van der Waals surface area contributed by atoms with Gasteiger partial charge in [0.25, 0.3) is 0 Å². The second-order valence-electron chi connectivity index (χ2n) is 6.24. The molecule has 0 aliphatic carbocycles. The van der Waals surface area contributed by atoms with Crippen LogP contribution in [0.1, 0.15) is 36.3 Å². The monoisotopic (exact) mass is 270 g/mol. The Kier molecular flexibility index (Phi) is 2.77. The average molecular weight is 270 g/mol. The molecular formula is C17H22N2O. The van der Waals surface area contributed by atoms with Crippen molar-refractivity contribution in [2.24, 2.45) is 7.05 Å². The standard InChI is InChI=1S/C17H22N2O/c1-18-15-5-4-12(3-2-10-20)11-14(15)16-13-6-8-19(9-7-13)17(16)18/h4-5,11,13,20H,2-3,6-10H2,1H3. The van der Waals surface area contributed by atoms with Crippen LogP contribution in [-0.2, 0) is 13.5 Å². The molecule has 4 heterocycles. The van der Waals surface area contributed by atoms with Crippen LogP contribution in [0.3, 0.4) is 0 Å². The topological polar surface area (TPSA) is 28.4 Å². The first kappa shape index (κ1) is 12.3. The maximum absolute atomic E-state index is 9.01. The Morgan fingerprint density at radius 1 is 1.25 bits per heavy atom. The van der Waals surface area contributed by atoms with Crippen LogP contribution in [0.5, 0.6) is 0 Å². The third-order valence-corrected chi connectivity index (χ3v) is 5.10. The van der Waals surface area contributed by atoms with E-state index in [4.69, 9.17) is 5.11 Å². The Hall–Kier alpha value is -1.48. The molecule has 5 rings (SSSR count). The van der Waals surface area contributed by atoms with E-state index in [-0.39, 0.29) is 6.61 Å². The van der Waals surface area contributed by atoms with Gasteiger partial charge < -0.3 is 14.6 Å². The van der Waals surface area contributed by atoms with Gasteiger partial charge in [-0.3, -0.25) is 0 Å². The zero-order chi connectivity index (χ0) is 13.7. The van der Waals surface area contributed by atoms with Crippen LogP contribution in [0.15, 0.2) is 18.2 Å². The van der Waals surface area contributed by atoms with Crippen molar-refractivity contribution >= 4 is 16.7 Å². The largest absolute Gasteiger partial charge is 0.396 e. The summed E-state index contributed by atoms with van der Waals surface area (Å²) in [6.45, 7) is 2.72. The molecule has 20 heavy (non-hydrogen) atoms. The quantitative estimate of drug-likeness (QED) is 0.929. The highest BCUT2D eigenvalue weighted by Crippen LogP contribution is 2.47. The van der Waals surface area contributed by atoms with Crippen molar-refractivity contribution in [3.05, 3.63) is 29.3 Å². The van der Waals surface area contributed by atoms with Crippen LogP contribution < -0.4 is 4.90 Å². The molecular weight excluding hydrogens is 248 g/mol. The highest BCUT2D eigenvalue weighted by molar-refractivity contribution is 5.92. The molecule has 106 valence electrons. The molecule has 1 N–H and O–H groups in total. The van der Waals surface area contributed by atoms with Gasteiger partial charge >= 0.3 is 0 Å². The molecule has 0 radical (unpaired) electrons. The van der Waals surface area contributed by atoms with Crippen molar-refractivity contribution in [3.63, 3.8) is 0 Å². The van der Waals surface area contributed by atoms with Gasteiger partial charge in [0.05, 0.1) is 0 Å². The number of fused-ring (bicyclic) bond motifs is 3. The second-order valence-corrected chi connectivity index (χ2v) is 6.24. The van der Waals surface area contributed by atoms with Crippen molar-refractivity contribution in [1.82, 2.24) is 4.57 Å². The number of hydrogen-bond acceptors (Lipinski definition) is 2. The van der Waals surface area contributed by atoms with Gasteiger partial charge in [0.1, 0.15) is 5.82 Å². The average Bonchev–Trinajstić information content (AvgIpc) is 2.82. The maximum atomic E-state index is 9.01. The molecule has 1 fully saturated rings. The number of aromatic nitrogens is 1. The second kappa shape index (κ2) is 4.52. The summed E-state index contributed by atoms with van der Waals surface area (Å²) in [7, 11) is 2.20. The molecule has 3 heteroatoms. The zero-order valence-electron chi connectivity index (χ0n) is 12.1. The van der Waals surface area contributed by atoms with Crippen LogP contribution >= 0.6 is 0 Å². The molecule has 0 spiro atoms. The molecule has 0 saturated carbocycles. The van der Waals surface area contributed by atoms with Gasteiger partial charge in [-0.15, -0.1) is 0 Å². The summed E-state index contributed by atoms with van der Waals surface area (Å²) in [4.78, 5) is 2.56. The summed E-state index contributed by atoms with van der Waals surface area (Å²) in [6.07, 6.45) is 4.46. The zero-order valence-corrected chi connectivity index (χ0v) is 12.1. The number of piperidine rings is 1. The Morgan fingerprint density at radius 3 is 2.80 bits per heavy atom. The van der Waals surface area contributed by atoms with Crippen molar-refractivity contribution in [2.45, 2.75) is 31.6 Å². The van der Waals surface area contributed by atoms with Crippen LogP contribution in [0.4, 0.5) is 5.82 Å². The number of anilines is 1. The highest BCUT2D eigenvalue weighted by Gasteiger charge is 2.35. The van der Waals surface area contributed by atoms with E-state index in [1.165, 1.54) is 48.2 Å². The van der Waals surface area contributed by atoms with Gasteiger partial charge in [0, 0.05) is 43.2 Å². The summed E-state index contributed by atoms with van der Waals surface area (Å²) >= 11 is 0. The third kappa shape index (κ3) is 1.62. The van der Waals surface area contributed by atoms with E-state index in [2.05, 4.69) is 34.7 Å². The number of nitrogens with zero attached hydrogens (tertiary/aromatic N) is 2. The smallest absolute Gasteiger partial charge is 0.112 e. The highest BCUT2D eigenvalue weighted by atomic mass is 16.2. The van der Waals surface area contributed by atoms with E-state index in [1.54, 1.807) is 5.56 Å². The van der Waals surface area contributed by atoms with Gasteiger partial charge in [-0.25, -0.2) is 0 Å². The minimum atomic E-state index is 0.279. The molecule has 3 aliphatic heterocycles. The third-order valence-electron chi connectivity index (χ3n) is 5.10. The molecule has 3 nitrogen and oxygen atoms in total. The fourth-order valence-electron chi connectivity index (χ4n) is 4.11. The van der Waals surface area contributed by atoms with Crippen molar-refractivity contribution in [3.8, 4) is 0 Å². The maximum Gasteiger partial charge on any atom is 0.112 e. The summed E-state index contributed by atoms with van der Waals surface area (Å²) in [5, 5.41) is 10.5. The lowest BCUT2D eigenvalue weighted by Gasteiger charge is -2.41. The number of rotatable bonds is 3. The molecule has 0 unspecified atom stereocenters. The number of aryl methyl sites for hydroxylation is 2. The van der Waals surface area contributed by atoms with Gasteiger partial charge in [0.2, 0.25) is 0 Å². The van der Waals surface area contributed by atoms with Crippen LogP contribution in [-0.4, -0.2) is 29.4 Å². The van der Waals surface area contributed by atoms with Gasteiger partial charge in [-0.05, 0) is 49.3 Å². The molecule has 0 atom stereocenters. The molecule has 2 bridgehead atoms. The summed E-state index contributed by atoms with van der Waals surface area (Å²) in [5.41, 5.74) is 4.31. The van der Waals surface area contributed by atoms with E-state index in [0.717, 1.165) is 18.8 Å². The Bertz CT molecular complexity index is 651. The van der Waals surface area contributed by atoms with Crippen LogP contribution in [0.2, 0.25) is 0 Å².